The molecule has 2 aromatic rings. The van der Waals surface area contributed by atoms with E-state index in [0.717, 1.165) is 10.5 Å². The number of thioether (sulfide) groups is 1. The Bertz CT molecular complexity index is 575. The van der Waals surface area contributed by atoms with Crippen molar-refractivity contribution >= 4 is 40.7 Å². The number of nitrogen functional groups attached to an aromatic ring is 1. The predicted octanol–water partition coefficient (Wildman–Crippen LogP) is 5.01. The minimum absolute atomic E-state index is 0.327. The molecule has 0 saturated heterocycles. The van der Waals surface area contributed by atoms with E-state index in [1.54, 1.807) is 12.1 Å². The summed E-state index contributed by atoms with van der Waals surface area (Å²) < 4.78 is 12.9. The van der Waals surface area contributed by atoms with Gasteiger partial charge in [0.25, 0.3) is 0 Å². The number of hydrogen-bond acceptors (Lipinski definition) is 2. The van der Waals surface area contributed by atoms with Crippen LogP contribution in [0.25, 0.3) is 0 Å². The van der Waals surface area contributed by atoms with Gasteiger partial charge in [0.05, 0.1) is 10.0 Å². The van der Waals surface area contributed by atoms with Crippen LogP contribution in [0.1, 0.15) is 5.56 Å². The van der Waals surface area contributed by atoms with Gasteiger partial charge < -0.3 is 5.73 Å². The first-order valence-electron chi connectivity index (χ1n) is 5.18. The summed E-state index contributed by atoms with van der Waals surface area (Å²) in [6.07, 6.45) is 0. The van der Waals surface area contributed by atoms with Crippen LogP contribution in [0.15, 0.2) is 41.3 Å². The van der Waals surface area contributed by atoms with Crippen LogP contribution in [0.5, 0.6) is 0 Å². The molecule has 0 bridgehead atoms. The molecular weight excluding hydrogens is 292 g/mol. The van der Waals surface area contributed by atoms with E-state index >= 15 is 0 Å². The van der Waals surface area contributed by atoms with Crippen molar-refractivity contribution in [3.8, 4) is 0 Å². The molecule has 5 heteroatoms. The second kappa shape index (κ2) is 5.83. The average molecular weight is 302 g/mol. The summed E-state index contributed by atoms with van der Waals surface area (Å²) in [6.45, 7) is 0. The van der Waals surface area contributed by atoms with Gasteiger partial charge in [0.15, 0.2) is 0 Å². The molecule has 2 N–H and O–H groups in total. The Morgan fingerprint density at radius 2 is 1.83 bits per heavy atom. The minimum Gasteiger partial charge on any atom is -0.398 e. The van der Waals surface area contributed by atoms with Crippen molar-refractivity contribution in [2.45, 2.75) is 10.6 Å². The van der Waals surface area contributed by atoms with Gasteiger partial charge in [0.2, 0.25) is 0 Å². The SMILES string of the molecule is Nc1cc(F)ccc1SCc1ccc(Cl)c(Cl)c1. The largest absolute Gasteiger partial charge is 0.398 e. The zero-order valence-corrected chi connectivity index (χ0v) is 11.6. The summed E-state index contributed by atoms with van der Waals surface area (Å²) >= 11 is 13.3. The molecule has 0 aliphatic carbocycles. The van der Waals surface area contributed by atoms with E-state index in [4.69, 9.17) is 28.9 Å². The lowest BCUT2D eigenvalue weighted by Gasteiger charge is -2.06. The van der Waals surface area contributed by atoms with Gasteiger partial charge in [-0.25, -0.2) is 4.39 Å². The van der Waals surface area contributed by atoms with E-state index < -0.39 is 0 Å². The van der Waals surface area contributed by atoms with Gasteiger partial charge in [0.1, 0.15) is 5.82 Å². The fourth-order valence-electron chi connectivity index (χ4n) is 1.44. The molecular formula is C13H10Cl2FNS. The third-order valence-corrected chi connectivity index (χ3v) is 4.25. The van der Waals surface area contributed by atoms with Gasteiger partial charge in [-0.3, -0.25) is 0 Å². The van der Waals surface area contributed by atoms with Gasteiger partial charge in [-0.1, -0.05) is 29.3 Å². The number of rotatable bonds is 3. The lowest BCUT2D eigenvalue weighted by Crippen LogP contribution is -1.90. The molecule has 0 aromatic heterocycles. The maximum absolute atomic E-state index is 12.9. The van der Waals surface area contributed by atoms with Crippen LogP contribution in [0, 0.1) is 5.82 Å². The summed E-state index contributed by atoms with van der Waals surface area (Å²) in [5.74, 6) is 0.374. The van der Waals surface area contributed by atoms with Crippen molar-refractivity contribution < 1.29 is 4.39 Å². The summed E-state index contributed by atoms with van der Waals surface area (Å²) in [7, 11) is 0. The van der Waals surface area contributed by atoms with E-state index in [1.807, 2.05) is 12.1 Å². The zero-order valence-electron chi connectivity index (χ0n) is 9.29. The monoisotopic (exact) mass is 301 g/mol. The van der Waals surface area contributed by atoms with Crippen LogP contribution in [0.4, 0.5) is 10.1 Å². The third kappa shape index (κ3) is 3.31. The molecule has 0 amide bonds. The predicted molar refractivity (Wildman–Crippen MR) is 76.8 cm³/mol. The topological polar surface area (TPSA) is 26.0 Å². The fraction of sp³-hybridized carbons (Fsp3) is 0.0769. The molecule has 0 saturated carbocycles. The highest BCUT2D eigenvalue weighted by molar-refractivity contribution is 7.98. The highest BCUT2D eigenvalue weighted by Gasteiger charge is 2.04. The van der Waals surface area contributed by atoms with E-state index in [-0.39, 0.29) is 5.82 Å². The number of benzene rings is 2. The standard InChI is InChI=1S/C13H10Cl2FNS/c14-10-3-1-8(5-11(10)15)7-18-13-4-2-9(16)6-12(13)17/h1-6H,7,17H2. The Morgan fingerprint density at radius 1 is 1.06 bits per heavy atom. The molecule has 1 nitrogen and oxygen atoms in total. The molecule has 0 aliphatic heterocycles. The lowest BCUT2D eigenvalue weighted by atomic mass is 10.2. The Morgan fingerprint density at radius 3 is 2.50 bits per heavy atom. The quantitative estimate of drug-likeness (QED) is 0.637. The molecule has 0 atom stereocenters. The molecule has 0 spiro atoms. The first kappa shape index (κ1) is 13.5. The zero-order chi connectivity index (χ0) is 13.1. The molecule has 0 aliphatic rings. The van der Waals surface area contributed by atoms with Crippen LogP contribution in [0.2, 0.25) is 10.0 Å². The highest BCUT2D eigenvalue weighted by atomic mass is 35.5. The van der Waals surface area contributed by atoms with E-state index in [9.17, 15) is 4.39 Å². The molecule has 0 radical (unpaired) electrons. The molecule has 2 aromatic carbocycles. The van der Waals surface area contributed by atoms with Crippen LogP contribution in [-0.4, -0.2) is 0 Å². The third-order valence-electron chi connectivity index (χ3n) is 2.35. The van der Waals surface area contributed by atoms with Gasteiger partial charge >= 0.3 is 0 Å². The Labute approximate surface area is 119 Å². The molecule has 18 heavy (non-hydrogen) atoms. The van der Waals surface area contributed by atoms with Crippen LogP contribution in [-0.2, 0) is 5.75 Å². The summed E-state index contributed by atoms with van der Waals surface area (Å²) in [5.41, 5.74) is 7.22. The summed E-state index contributed by atoms with van der Waals surface area (Å²) in [6, 6.07) is 9.86. The lowest BCUT2D eigenvalue weighted by molar-refractivity contribution is 0.627. The average Bonchev–Trinajstić information content (AvgIpc) is 2.32. The van der Waals surface area contributed by atoms with Gasteiger partial charge in [-0.2, -0.15) is 0 Å². The number of anilines is 1. The maximum Gasteiger partial charge on any atom is 0.125 e. The van der Waals surface area contributed by atoms with Gasteiger partial charge in [-0.15, -0.1) is 11.8 Å². The van der Waals surface area contributed by atoms with Crippen molar-refractivity contribution in [1.29, 1.82) is 0 Å². The Balaban J connectivity index is 2.09. The molecule has 0 heterocycles. The Hall–Kier alpha value is -0.900. The van der Waals surface area contributed by atoms with Crippen LogP contribution >= 0.6 is 35.0 Å². The van der Waals surface area contributed by atoms with Crippen molar-refractivity contribution in [3.05, 3.63) is 57.8 Å². The second-order valence-corrected chi connectivity index (χ2v) is 5.55. The molecule has 0 fully saturated rings. The highest BCUT2D eigenvalue weighted by Crippen LogP contribution is 2.30. The fourth-order valence-corrected chi connectivity index (χ4v) is 2.65. The van der Waals surface area contributed by atoms with Crippen molar-refractivity contribution in [2.24, 2.45) is 0 Å². The Kier molecular flexibility index (Phi) is 4.38. The van der Waals surface area contributed by atoms with Crippen molar-refractivity contribution in [3.63, 3.8) is 0 Å². The van der Waals surface area contributed by atoms with E-state index in [0.29, 0.717) is 21.5 Å². The first-order valence-corrected chi connectivity index (χ1v) is 6.92. The van der Waals surface area contributed by atoms with Gasteiger partial charge in [-0.05, 0) is 35.9 Å². The van der Waals surface area contributed by atoms with E-state index in [1.165, 1.54) is 23.9 Å². The minimum atomic E-state index is -0.327. The normalized spacial score (nSPS) is 10.6. The number of halogens is 3. The molecule has 2 rings (SSSR count). The van der Waals surface area contributed by atoms with Crippen molar-refractivity contribution in [2.75, 3.05) is 5.73 Å². The molecule has 94 valence electrons. The van der Waals surface area contributed by atoms with Crippen LogP contribution in [0.3, 0.4) is 0 Å². The number of nitrogens with two attached hydrogens (primary N) is 1. The summed E-state index contributed by atoms with van der Waals surface area (Å²) in [5, 5.41) is 1.06. The van der Waals surface area contributed by atoms with Crippen LogP contribution < -0.4 is 5.73 Å². The second-order valence-electron chi connectivity index (χ2n) is 3.72. The maximum atomic E-state index is 12.9. The van der Waals surface area contributed by atoms with Crippen molar-refractivity contribution in [1.82, 2.24) is 0 Å². The summed E-state index contributed by atoms with van der Waals surface area (Å²) in [4.78, 5) is 0.850. The molecule has 0 unspecified atom stereocenters. The first-order chi connectivity index (χ1) is 8.56. The van der Waals surface area contributed by atoms with Gasteiger partial charge in [0, 0.05) is 16.3 Å². The van der Waals surface area contributed by atoms with E-state index in [2.05, 4.69) is 0 Å². The smallest absolute Gasteiger partial charge is 0.125 e. The number of hydrogen-bond donors (Lipinski definition) is 1.